The van der Waals surface area contributed by atoms with Crippen LogP contribution in [0.3, 0.4) is 0 Å². The maximum atomic E-state index is 12.8. The zero-order valence-electron chi connectivity index (χ0n) is 14.7. The number of morpholine rings is 1. The van der Waals surface area contributed by atoms with E-state index in [0.29, 0.717) is 17.1 Å². The van der Waals surface area contributed by atoms with Crippen LogP contribution < -0.4 is 5.32 Å². The van der Waals surface area contributed by atoms with E-state index in [1.54, 1.807) is 6.20 Å². The molecule has 1 aromatic heterocycles. The second-order valence-corrected chi connectivity index (χ2v) is 6.33. The fourth-order valence-electron chi connectivity index (χ4n) is 2.97. The largest absolute Gasteiger partial charge is 0.379 e. The second-order valence-electron chi connectivity index (χ2n) is 6.33. The van der Waals surface area contributed by atoms with Gasteiger partial charge in [0.2, 0.25) is 0 Å². The lowest BCUT2D eigenvalue weighted by Crippen LogP contribution is -2.46. The van der Waals surface area contributed by atoms with Crippen molar-refractivity contribution in [3.05, 3.63) is 47.9 Å². The number of aryl methyl sites for hydroxylation is 1. The van der Waals surface area contributed by atoms with Crippen molar-refractivity contribution < 1.29 is 9.53 Å². The predicted octanol–water partition coefficient (Wildman–Crippen LogP) is 1.90. The van der Waals surface area contributed by atoms with E-state index in [1.807, 2.05) is 44.2 Å². The number of hydrogen-bond donors (Lipinski definition) is 1. The molecule has 1 unspecified atom stereocenters. The lowest BCUT2D eigenvalue weighted by atomic mass is 10.1. The molecule has 2 aromatic rings. The lowest BCUT2D eigenvalue weighted by molar-refractivity contribution is 0.0342. The molecule has 0 bridgehead atoms. The van der Waals surface area contributed by atoms with E-state index in [1.165, 1.54) is 0 Å². The van der Waals surface area contributed by atoms with Crippen LogP contribution in [0.5, 0.6) is 0 Å². The van der Waals surface area contributed by atoms with Crippen LogP contribution in [0.25, 0.3) is 11.3 Å². The van der Waals surface area contributed by atoms with Crippen molar-refractivity contribution in [2.24, 2.45) is 0 Å². The Hall–Kier alpha value is -2.31. The van der Waals surface area contributed by atoms with E-state index in [0.717, 1.165) is 38.4 Å². The minimum Gasteiger partial charge on any atom is -0.379 e. The van der Waals surface area contributed by atoms with Crippen LogP contribution in [0.4, 0.5) is 0 Å². The minimum atomic E-state index is -0.139. The Kier molecular flexibility index (Phi) is 5.73. The third-order valence-electron chi connectivity index (χ3n) is 4.21. The van der Waals surface area contributed by atoms with Gasteiger partial charge in [0.25, 0.3) is 5.91 Å². The number of ether oxygens (including phenoxy) is 1. The van der Waals surface area contributed by atoms with Crippen molar-refractivity contribution in [3.63, 3.8) is 0 Å². The van der Waals surface area contributed by atoms with E-state index < -0.39 is 0 Å². The summed E-state index contributed by atoms with van der Waals surface area (Å²) in [5, 5.41) is 3.07. The molecular weight excluding hydrogens is 316 g/mol. The summed E-state index contributed by atoms with van der Waals surface area (Å²) >= 11 is 0. The molecule has 1 saturated heterocycles. The Morgan fingerprint density at radius 3 is 2.72 bits per heavy atom. The summed E-state index contributed by atoms with van der Waals surface area (Å²) in [6.07, 6.45) is 1.61. The van der Waals surface area contributed by atoms with Crippen LogP contribution >= 0.6 is 0 Å². The highest BCUT2D eigenvalue weighted by Gasteiger charge is 2.19. The molecule has 6 heteroatoms. The number of carbonyl (C=O) groups is 1. The third-order valence-corrected chi connectivity index (χ3v) is 4.21. The number of aromatic nitrogens is 2. The molecule has 0 radical (unpaired) electrons. The molecule has 1 amide bonds. The van der Waals surface area contributed by atoms with Gasteiger partial charge in [-0.05, 0) is 13.8 Å². The number of carbonyl (C=O) groups excluding carboxylic acids is 1. The highest BCUT2D eigenvalue weighted by Crippen LogP contribution is 2.21. The standard InChI is InChI=1S/C19H24N4O2/c1-14(13-23-8-10-25-11-9-23)21-19(24)17-12-20-15(2)22-18(17)16-6-4-3-5-7-16/h3-7,12,14H,8-11,13H2,1-2H3,(H,21,24). The van der Waals surface area contributed by atoms with Gasteiger partial charge < -0.3 is 10.1 Å². The van der Waals surface area contributed by atoms with Crippen molar-refractivity contribution >= 4 is 5.91 Å². The molecule has 3 rings (SSSR count). The maximum absolute atomic E-state index is 12.8. The van der Waals surface area contributed by atoms with Gasteiger partial charge in [-0.25, -0.2) is 9.97 Å². The van der Waals surface area contributed by atoms with Gasteiger partial charge in [-0.1, -0.05) is 30.3 Å². The Labute approximate surface area is 148 Å². The molecule has 6 nitrogen and oxygen atoms in total. The van der Waals surface area contributed by atoms with Crippen LogP contribution in [-0.4, -0.2) is 59.7 Å². The molecule has 1 aliphatic rings. The predicted molar refractivity (Wildman–Crippen MR) is 96.4 cm³/mol. The molecule has 1 aliphatic heterocycles. The monoisotopic (exact) mass is 340 g/mol. The van der Waals surface area contributed by atoms with Crippen molar-refractivity contribution in [2.45, 2.75) is 19.9 Å². The van der Waals surface area contributed by atoms with Crippen molar-refractivity contribution in [3.8, 4) is 11.3 Å². The Morgan fingerprint density at radius 1 is 1.28 bits per heavy atom. The molecule has 132 valence electrons. The third kappa shape index (κ3) is 4.61. The summed E-state index contributed by atoms with van der Waals surface area (Å²) in [6, 6.07) is 9.77. The van der Waals surface area contributed by atoms with E-state index in [9.17, 15) is 4.79 Å². The average molecular weight is 340 g/mol. The van der Waals surface area contributed by atoms with Gasteiger partial charge in [-0.2, -0.15) is 0 Å². The van der Waals surface area contributed by atoms with E-state index in [4.69, 9.17) is 4.74 Å². The number of nitrogens with one attached hydrogen (secondary N) is 1. The summed E-state index contributed by atoms with van der Waals surface area (Å²) in [6.45, 7) is 7.98. The minimum absolute atomic E-state index is 0.0375. The van der Waals surface area contributed by atoms with Crippen molar-refractivity contribution in [1.29, 1.82) is 0 Å². The zero-order chi connectivity index (χ0) is 17.6. The number of hydrogen-bond acceptors (Lipinski definition) is 5. The molecule has 0 saturated carbocycles. The summed E-state index contributed by atoms with van der Waals surface area (Å²) in [4.78, 5) is 23.8. The first-order valence-electron chi connectivity index (χ1n) is 8.63. The quantitative estimate of drug-likeness (QED) is 0.900. The fraction of sp³-hybridized carbons (Fsp3) is 0.421. The normalized spacial score (nSPS) is 16.4. The van der Waals surface area contributed by atoms with Gasteiger partial charge in [0.15, 0.2) is 0 Å². The van der Waals surface area contributed by atoms with E-state index in [2.05, 4.69) is 20.2 Å². The lowest BCUT2D eigenvalue weighted by Gasteiger charge is -2.29. The average Bonchev–Trinajstić information content (AvgIpc) is 2.63. The first kappa shape index (κ1) is 17.5. The molecule has 1 aromatic carbocycles. The van der Waals surface area contributed by atoms with Crippen molar-refractivity contribution in [1.82, 2.24) is 20.2 Å². The smallest absolute Gasteiger partial charge is 0.255 e. The van der Waals surface area contributed by atoms with Crippen LogP contribution in [0.1, 0.15) is 23.1 Å². The second kappa shape index (κ2) is 8.18. The Balaban J connectivity index is 1.73. The van der Waals surface area contributed by atoms with Gasteiger partial charge in [0.05, 0.1) is 24.5 Å². The molecule has 2 heterocycles. The maximum Gasteiger partial charge on any atom is 0.255 e. The topological polar surface area (TPSA) is 67.4 Å². The van der Waals surface area contributed by atoms with E-state index >= 15 is 0 Å². The van der Waals surface area contributed by atoms with Crippen LogP contribution in [0.15, 0.2) is 36.5 Å². The molecule has 1 N–H and O–H groups in total. The number of nitrogens with zero attached hydrogens (tertiary/aromatic N) is 3. The van der Waals surface area contributed by atoms with Crippen LogP contribution in [-0.2, 0) is 4.74 Å². The van der Waals surface area contributed by atoms with Gasteiger partial charge in [-0.3, -0.25) is 9.69 Å². The fourth-order valence-corrected chi connectivity index (χ4v) is 2.97. The molecule has 0 aliphatic carbocycles. The summed E-state index contributed by atoms with van der Waals surface area (Å²) in [5.41, 5.74) is 2.09. The highest BCUT2D eigenvalue weighted by molar-refractivity contribution is 5.99. The van der Waals surface area contributed by atoms with Gasteiger partial charge >= 0.3 is 0 Å². The van der Waals surface area contributed by atoms with E-state index in [-0.39, 0.29) is 11.9 Å². The first-order chi connectivity index (χ1) is 12.1. The van der Waals surface area contributed by atoms with Crippen molar-refractivity contribution in [2.75, 3.05) is 32.8 Å². The number of amides is 1. The Morgan fingerprint density at radius 2 is 2.00 bits per heavy atom. The van der Waals surface area contributed by atoms with Gasteiger partial charge in [0, 0.05) is 37.4 Å². The SMILES string of the molecule is Cc1ncc(C(=O)NC(C)CN2CCOCC2)c(-c2ccccc2)n1. The molecule has 25 heavy (non-hydrogen) atoms. The number of rotatable bonds is 5. The molecule has 1 atom stereocenters. The Bertz CT molecular complexity index is 715. The highest BCUT2D eigenvalue weighted by atomic mass is 16.5. The molecule has 1 fully saturated rings. The summed E-state index contributed by atoms with van der Waals surface area (Å²) in [5.74, 6) is 0.511. The number of benzene rings is 1. The van der Waals surface area contributed by atoms with Crippen LogP contribution in [0.2, 0.25) is 0 Å². The first-order valence-corrected chi connectivity index (χ1v) is 8.63. The molecular formula is C19H24N4O2. The summed E-state index contributed by atoms with van der Waals surface area (Å²) in [7, 11) is 0. The zero-order valence-corrected chi connectivity index (χ0v) is 14.7. The van der Waals surface area contributed by atoms with Gasteiger partial charge in [-0.15, -0.1) is 0 Å². The van der Waals surface area contributed by atoms with Crippen LogP contribution in [0, 0.1) is 6.92 Å². The summed E-state index contributed by atoms with van der Waals surface area (Å²) < 4.78 is 5.36. The molecule has 0 spiro atoms. The van der Waals surface area contributed by atoms with Gasteiger partial charge in [0.1, 0.15) is 5.82 Å².